The van der Waals surface area contributed by atoms with Crippen LogP contribution in [-0.4, -0.2) is 27.9 Å². The topological polar surface area (TPSA) is 35.5 Å². The van der Waals surface area contributed by atoms with E-state index in [9.17, 15) is 4.79 Å². The first-order chi connectivity index (χ1) is 9.26. The smallest absolute Gasteiger partial charge is 0.333 e. The Hall–Kier alpha value is -0.613. The van der Waals surface area contributed by atoms with Gasteiger partial charge in [0.05, 0.1) is 6.61 Å². The lowest BCUT2D eigenvalue weighted by Gasteiger charge is -2.23. The van der Waals surface area contributed by atoms with Crippen molar-refractivity contribution in [2.24, 2.45) is 0 Å². The molecule has 1 unspecified atom stereocenters. The Morgan fingerprint density at radius 3 is 2.40 bits per heavy atom. The van der Waals surface area contributed by atoms with Gasteiger partial charge in [0, 0.05) is 11.2 Å². The normalized spacial score (nSPS) is 13.1. The summed E-state index contributed by atoms with van der Waals surface area (Å²) in [5, 5.41) is 0. The third kappa shape index (κ3) is 11.2. The molecule has 0 amide bonds. The van der Waals surface area contributed by atoms with Crippen molar-refractivity contribution in [1.82, 2.24) is 0 Å². The molecule has 0 aromatic carbocycles. The Balaban J connectivity index is 4.09. The Bertz CT molecular complexity index is 295. The van der Waals surface area contributed by atoms with Gasteiger partial charge in [-0.05, 0) is 39.7 Å². The quantitative estimate of drug-likeness (QED) is 0.261. The Morgan fingerprint density at radius 1 is 1.25 bits per heavy atom. The summed E-state index contributed by atoms with van der Waals surface area (Å²) < 4.78 is 11.1. The van der Waals surface area contributed by atoms with Crippen LogP contribution >= 0.6 is 0 Å². The second-order valence-corrected chi connectivity index (χ2v) is 7.49. The van der Waals surface area contributed by atoms with Gasteiger partial charge >= 0.3 is 5.97 Å². The lowest BCUT2D eigenvalue weighted by atomic mass is 10.1. The highest BCUT2D eigenvalue weighted by molar-refractivity contribution is 6.29. The molecule has 0 saturated heterocycles. The standard InChI is InChI=1S/C16H30O3Si/c1-7-8-9-10-14(20-19-16(4,5)6)11-12-18-15(17)13(2)3/h14H,2,7-12H2,1,3-6H3. The van der Waals surface area contributed by atoms with Gasteiger partial charge in [0.25, 0.3) is 0 Å². The van der Waals surface area contributed by atoms with Gasteiger partial charge in [-0.1, -0.05) is 39.2 Å². The number of unbranched alkanes of at least 4 members (excludes halogenated alkanes) is 2. The molecule has 0 rings (SSSR count). The molecule has 0 aliphatic carbocycles. The molecule has 0 spiro atoms. The van der Waals surface area contributed by atoms with Gasteiger partial charge in [-0.25, -0.2) is 4.79 Å². The number of hydrogen-bond acceptors (Lipinski definition) is 3. The van der Waals surface area contributed by atoms with Gasteiger partial charge in [0.2, 0.25) is 9.76 Å². The molecule has 0 bridgehead atoms. The van der Waals surface area contributed by atoms with E-state index in [0.717, 1.165) is 12.8 Å². The van der Waals surface area contributed by atoms with Crippen LogP contribution in [0.4, 0.5) is 0 Å². The molecular weight excluding hydrogens is 268 g/mol. The van der Waals surface area contributed by atoms with Crippen molar-refractivity contribution in [3.8, 4) is 0 Å². The molecule has 116 valence electrons. The monoisotopic (exact) mass is 298 g/mol. The zero-order chi connectivity index (χ0) is 15.6. The molecule has 0 aliphatic heterocycles. The predicted octanol–water partition coefficient (Wildman–Crippen LogP) is 4.30. The van der Waals surface area contributed by atoms with Gasteiger partial charge in [0.15, 0.2) is 0 Å². The van der Waals surface area contributed by atoms with Crippen LogP contribution in [-0.2, 0) is 14.0 Å². The van der Waals surface area contributed by atoms with Gasteiger partial charge in [0.1, 0.15) is 0 Å². The maximum Gasteiger partial charge on any atom is 0.333 e. The highest BCUT2D eigenvalue weighted by Crippen LogP contribution is 2.21. The van der Waals surface area contributed by atoms with E-state index < -0.39 is 0 Å². The number of hydrogen-bond donors (Lipinski definition) is 0. The van der Waals surface area contributed by atoms with Crippen molar-refractivity contribution in [1.29, 1.82) is 0 Å². The van der Waals surface area contributed by atoms with Crippen LogP contribution in [0.25, 0.3) is 0 Å². The summed E-state index contributed by atoms with van der Waals surface area (Å²) in [6, 6.07) is 0. The van der Waals surface area contributed by atoms with Crippen molar-refractivity contribution < 1.29 is 14.0 Å². The van der Waals surface area contributed by atoms with Gasteiger partial charge < -0.3 is 9.16 Å². The molecule has 4 heteroatoms. The van der Waals surface area contributed by atoms with Crippen molar-refractivity contribution in [2.45, 2.75) is 77.9 Å². The van der Waals surface area contributed by atoms with Gasteiger partial charge in [-0.2, -0.15) is 0 Å². The van der Waals surface area contributed by atoms with Crippen LogP contribution in [0.5, 0.6) is 0 Å². The van der Waals surface area contributed by atoms with E-state index in [1.165, 1.54) is 19.3 Å². The Kier molecular flexibility index (Phi) is 9.85. The maximum atomic E-state index is 11.4. The van der Waals surface area contributed by atoms with Gasteiger partial charge in [-0.3, -0.25) is 0 Å². The Labute approximate surface area is 127 Å². The molecule has 0 fully saturated rings. The highest BCUT2D eigenvalue weighted by atomic mass is 28.2. The minimum atomic E-state index is -0.294. The molecule has 2 radical (unpaired) electrons. The Morgan fingerprint density at radius 2 is 1.90 bits per heavy atom. The first-order valence-corrected chi connectivity index (χ1v) is 8.51. The average Bonchev–Trinajstić information content (AvgIpc) is 2.34. The van der Waals surface area contributed by atoms with E-state index in [1.807, 2.05) is 0 Å². The fourth-order valence-electron chi connectivity index (χ4n) is 1.58. The summed E-state index contributed by atoms with van der Waals surface area (Å²) in [6.07, 6.45) is 5.71. The minimum absolute atomic E-state index is 0.101. The molecule has 0 N–H and O–H groups in total. The summed E-state index contributed by atoms with van der Waals surface area (Å²) >= 11 is 0. The molecule has 0 aromatic heterocycles. The number of carbonyl (C=O) groups excluding carboxylic acids is 1. The summed E-state index contributed by atoms with van der Waals surface area (Å²) in [5.41, 5.74) is 0.843. The van der Waals surface area contributed by atoms with E-state index in [-0.39, 0.29) is 11.6 Å². The van der Waals surface area contributed by atoms with E-state index in [4.69, 9.17) is 9.16 Å². The van der Waals surface area contributed by atoms with Crippen LogP contribution in [0.3, 0.4) is 0 Å². The van der Waals surface area contributed by atoms with Crippen molar-refractivity contribution in [2.75, 3.05) is 6.61 Å². The lowest BCUT2D eigenvalue weighted by molar-refractivity contribution is -0.139. The summed E-state index contributed by atoms with van der Waals surface area (Å²) in [5.74, 6) is -0.294. The molecular formula is C16H30O3Si. The molecule has 0 aromatic rings. The minimum Gasteiger partial charge on any atom is -0.462 e. The van der Waals surface area contributed by atoms with Gasteiger partial charge in [-0.15, -0.1) is 0 Å². The zero-order valence-corrected chi connectivity index (χ0v) is 14.8. The molecule has 20 heavy (non-hydrogen) atoms. The largest absolute Gasteiger partial charge is 0.462 e. The van der Waals surface area contributed by atoms with E-state index >= 15 is 0 Å². The number of esters is 1. The number of carbonyl (C=O) groups is 1. The summed E-state index contributed by atoms with van der Waals surface area (Å²) in [4.78, 5) is 11.4. The molecule has 0 heterocycles. The molecule has 0 saturated carbocycles. The average molecular weight is 298 g/mol. The van der Waals surface area contributed by atoms with Crippen LogP contribution in [0, 0.1) is 0 Å². The summed E-state index contributed by atoms with van der Waals surface area (Å²) in [7, 11) is 0.470. The van der Waals surface area contributed by atoms with Crippen LogP contribution < -0.4 is 0 Å². The number of rotatable bonds is 10. The fourth-order valence-corrected chi connectivity index (χ4v) is 2.66. The zero-order valence-electron chi connectivity index (χ0n) is 13.8. The van der Waals surface area contributed by atoms with E-state index in [0.29, 0.717) is 27.5 Å². The van der Waals surface area contributed by atoms with E-state index in [1.54, 1.807) is 6.92 Å². The van der Waals surface area contributed by atoms with E-state index in [2.05, 4.69) is 34.3 Å². The van der Waals surface area contributed by atoms with Crippen molar-refractivity contribution >= 4 is 15.7 Å². The second kappa shape index (κ2) is 10.2. The SMILES string of the molecule is C=C(C)C(=O)OCCC(CCCCC)[Si]OC(C)(C)C. The number of ether oxygens (including phenoxy) is 1. The van der Waals surface area contributed by atoms with Crippen molar-refractivity contribution in [3.63, 3.8) is 0 Å². The molecule has 1 atom stereocenters. The molecule has 0 aliphatic rings. The highest BCUT2D eigenvalue weighted by Gasteiger charge is 2.18. The first-order valence-electron chi connectivity index (χ1n) is 7.52. The third-order valence-corrected chi connectivity index (χ3v) is 4.38. The van der Waals surface area contributed by atoms with Crippen molar-refractivity contribution in [3.05, 3.63) is 12.2 Å². The first kappa shape index (κ1) is 19.4. The summed E-state index contributed by atoms with van der Waals surface area (Å²) in [6.45, 7) is 14.1. The third-order valence-electron chi connectivity index (χ3n) is 2.74. The lowest BCUT2D eigenvalue weighted by Crippen LogP contribution is -2.25. The maximum absolute atomic E-state index is 11.4. The predicted molar refractivity (Wildman–Crippen MR) is 84.9 cm³/mol. The molecule has 3 nitrogen and oxygen atoms in total. The second-order valence-electron chi connectivity index (χ2n) is 6.23. The van der Waals surface area contributed by atoms with Crippen LogP contribution in [0.1, 0.15) is 66.7 Å². The van der Waals surface area contributed by atoms with Crippen LogP contribution in [0.15, 0.2) is 12.2 Å². The fraction of sp³-hybridized carbons (Fsp3) is 0.812. The van der Waals surface area contributed by atoms with Crippen LogP contribution in [0.2, 0.25) is 5.54 Å².